The van der Waals surface area contributed by atoms with Crippen LogP contribution in [-0.4, -0.2) is 44.4 Å². The Kier molecular flexibility index (Phi) is 5.77. The number of nitrogens with zero attached hydrogens (tertiary/aromatic N) is 5. The number of hydrogen-bond acceptors (Lipinski definition) is 4. The second-order valence-corrected chi connectivity index (χ2v) is 7.64. The zero-order valence-electron chi connectivity index (χ0n) is 17.5. The van der Waals surface area contributed by atoms with Crippen LogP contribution in [0.2, 0.25) is 0 Å². The van der Waals surface area contributed by atoms with Crippen molar-refractivity contribution >= 4 is 11.1 Å². The van der Waals surface area contributed by atoms with Gasteiger partial charge < -0.3 is 4.90 Å². The van der Waals surface area contributed by atoms with Gasteiger partial charge in [0, 0.05) is 17.8 Å². The summed E-state index contributed by atoms with van der Waals surface area (Å²) in [5.41, 5.74) is 4.26. The molecule has 0 atom stereocenters. The number of fused-ring (bicyclic) bond motifs is 1. The molecule has 3 aromatic heterocycles. The fourth-order valence-electron chi connectivity index (χ4n) is 3.96. The first-order valence-corrected chi connectivity index (χ1v) is 10.3. The quantitative estimate of drug-likeness (QED) is 0.607. The summed E-state index contributed by atoms with van der Waals surface area (Å²) >= 11 is 0. The maximum Gasteiger partial charge on any atom is 0.267 e. The Morgan fingerprint density at radius 2 is 1.97 bits per heavy atom. The van der Waals surface area contributed by atoms with Crippen LogP contribution in [-0.2, 0) is 0 Å². The highest BCUT2D eigenvalue weighted by molar-refractivity contribution is 5.91. The van der Waals surface area contributed by atoms with Crippen molar-refractivity contribution in [2.75, 3.05) is 20.1 Å². The van der Waals surface area contributed by atoms with Gasteiger partial charge in [-0.05, 0) is 58.1 Å². The van der Waals surface area contributed by atoms with Crippen molar-refractivity contribution in [2.45, 2.75) is 25.8 Å². The fraction of sp³-hybridized carbons (Fsp3) is 0.292. The molecule has 30 heavy (non-hydrogen) atoms. The Labute approximate surface area is 176 Å². The van der Waals surface area contributed by atoms with E-state index < -0.39 is 0 Å². The molecule has 1 saturated heterocycles. The molecule has 6 nitrogen and oxygen atoms in total. The van der Waals surface area contributed by atoms with Gasteiger partial charge in [-0.1, -0.05) is 36.9 Å². The van der Waals surface area contributed by atoms with Crippen LogP contribution in [0.4, 0.5) is 0 Å². The van der Waals surface area contributed by atoms with Crippen molar-refractivity contribution in [3.8, 4) is 11.3 Å². The summed E-state index contributed by atoms with van der Waals surface area (Å²) < 4.78 is 3.52. The monoisotopic (exact) mass is 401 g/mol. The summed E-state index contributed by atoms with van der Waals surface area (Å²) in [6, 6.07) is 9.51. The molecule has 0 unspecified atom stereocenters. The van der Waals surface area contributed by atoms with Gasteiger partial charge in [-0.15, -0.1) is 0 Å². The zero-order valence-corrected chi connectivity index (χ0v) is 17.5. The normalized spacial score (nSPS) is 16.5. The van der Waals surface area contributed by atoms with E-state index in [0.717, 1.165) is 54.0 Å². The van der Waals surface area contributed by atoms with Crippen LogP contribution in [0.1, 0.15) is 31.5 Å². The SMILES string of the molecule is C=CC(=CC=CC)c1nn2ccccc2c1-c1ccc(=O)n(C2CCN(C)CC2)n1. The second-order valence-electron chi connectivity index (χ2n) is 7.64. The average molecular weight is 402 g/mol. The van der Waals surface area contributed by atoms with Crippen molar-refractivity contribution in [2.24, 2.45) is 0 Å². The van der Waals surface area contributed by atoms with Crippen LogP contribution in [0, 0.1) is 0 Å². The molecule has 1 aliphatic heterocycles. The lowest BCUT2D eigenvalue weighted by molar-refractivity contribution is 0.208. The molecule has 1 fully saturated rings. The summed E-state index contributed by atoms with van der Waals surface area (Å²) in [5.74, 6) is 0. The molecule has 0 bridgehead atoms. The number of aromatic nitrogens is 4. The first-order valence-electron chi connectivity index (χ1n) is 10.3. The van der Waals surface area contributed by atoms with Crippen LogP contribution < -0.4 is 5.56 Å². The number of piperidine rings is 1. The van der Waals surface area contributed by atoms with Crippen molar-refractivity contribution < 1.29 is 0 Å². The van der Waals surface area contributed by atoms with Gasteiger partial charge in [-0.25, -0.2) is 9.20 Å². The molecule has 0 N–H and O–H groups in total. The first kappa shape index (κ1) is 20.0. The Balaban J connectivity index is 1.89. The maximum atomic E-state index is 12.6. The van der Waals surface area contributed by atoms with Crippen molar-refractivity contribution in [3.63, 3.8) is 0 Å². The first-order chi connectivity index (χ1) is 14.6. The van der Waals surface area contributed by atoms with Crippen LogP contribution in [0.15, 0.2) is 72.2 Å². The standard InChI is InChI=1S/C24H27N5O/c1-4-6-9-18(5-2)24-23(21-10-7-8-15-28(21)26-24)20-11-12-22(30)29(25-20)19-13-16-27(3)17-14-19/h4-12,15,19H,2,13-14,16-17H2,1,3H3. The predicted molar refractivity (Wildman–Crippen MR) is 121 cm³/mol. The highest BCUT2D eigenvalue weighted by Gasteiger charge is 2.23. The van der Waals surface area contributed by atoms with Gasteiger partial charge >= 0.3 is 0 Å². The third kappa shape index (κ3) is 3.78. The summed E-state index contributed by atoms with van der Waals surface area (Å²) in [6.07, 6.45) is 11.5. The van der Waals surface area contributed by atoms with E-state index in [-0.39, 0.29) is 11.6 Å². The minimum atomic E-state index is -0.0558. The van der Waals surface area contributed by atoms with Crippen LogP contribution in [0.25, 0.3) is 22.3 Å². The van der Waals surface area contributed by atoms with Crippen molar-refractivity contribution in [3.05, 3.63) is 83.5 Å². The second kappa shape index (κ2) is 8.63. The molecule has 154 valence electrons. The highest BCUT2D eigenvalue weighted by atomic mass is 16.1. The molecule has 1 aliphatic rings. The molecule has 4 rings (SSSR count). The summed E-state index contributed by atoms with van der Waals surface area (Å²) in [4.78, 5) is 14.9. The summed E-state index contributed by atoms with van der Waals surface area (Å²) in [5, 5.41) is 9.62. The molecular formula is C24H27N5O. The molecule has 3 aromatic rings. The Morgan fingerprint density at radius 1 is 1.17 bits per heavy atom. The smallest absolute Gasteiger partial charge is 0.267 e. The van der Waals surface area contributed by atoms with Crippen molar-refractivity contribution in [1.82, 2.24) is 24.3 Å². The molecule has 4 heterocycles. The zero-order chi connectivity index (χ0) is 21.1. The third-order valence-corrected chi connectivity index (χ3v) is 5.62. The fourth-order valence-corrected chi connectivity index (χ4v) is 3.96. The predicted octanol–water partition coefficient (Wildman–Crippen LogP) is 3.97. The van der Waals surface area contributed by atoms with Gasteiger partial charge in [0.1, 0.15) is 5.69 Å². The van der Waals surface area contributed by atoms with Gasteiger partial charge in [0.25, 0.3) is 5.56 Å². The number of likely N-dealkylation sites (tertiary alicyclic amines) is 1. The van der Waals surface area contributed by atoms with Crippen molar-refractivity contribution in [1.29, 1.82) is 0 Å². The van der Waals surface area contributed by atoms with E-state index in [1.807, 2.05) is 54.1 Å². The minimum absolute atomic E-state index is 0.0558. The lowest BCUT2D eigenvalue weighted by atomic mass is 10.0. The van der Waals surface area contributed by atoms with Gasteiger partial charge in [0.15, 0.2) is 0 Å². The lowest BCUT2D eigenvalue weighted by Crippen LogP contribution is -2.36. The molecule has 0 spiro atoms. The van der Waals surface area contributed by atoms with E-state index in [1.165, 1.54) is 0 Å². The topological polar surface area (TPSA) is 55.4 Å². The summed E-state index contributed by atoms with van der Waals surface area (Å²) in [6.45, 7) is 7.89. The maximum absolute atomic E-state index is 12.6. The average Bonchev–Trinajstić information content (AvgIpc) is 3.15. The van der Waals surface area contributed by atoms with Gasteiger partial charge in [-0.3, -0.25) is 4.79 Å². The molecule has 6 heteroatoms. The number of allylic oxidation sites excluding steroid dienone is 5. The van der Waals surface area contributed by atoms with Crippen LogP contribution >= 0.6 is 0 Å². The Bertz CT molecular complexity index is 1180. The molecule has 0 saturated carbocycles. The number of hydrogen-bond donors (Lipinski definition) is 0. The number of pyridine rings is 1. The molecule has 0 aromatic carbocycles. The van der Waals surface area contributed by atoms with E-state index in [9.17, 15) is 4.79 Å². The van der Waals surface area contributed by atoms with E-state index in [4.69, 9.17) is 10.2 Å². The van der Waals surface area contributed by atoms with Crippen LogP contribution in [0.3, 0.4) is 0 Å². The number of rotatable bonds is 5. The third-order valence-electron chi connectivity index (χ3n) is 5.62. The van der Waals surface area contributed by atoms with Crippen LogP contribution in [0.5, 0.6) is 0 Å². The van der Waals surface area contributed by atoms with Gasteiger partial charge in [-0.2, -0.15) is 10.2 Å². The largest absolute Gasteiger partial charge is 0.306 e. The van der Waals surface area contributed by atoms with E-state index in [1.54, 1.807) is 22.9 Å². The minimum Gasteiger partial charge on any atom is -0.306 e. The van der Waals surface area contributed by atoms with E-state index in [0.29, 0.717) is 0 Å². The Morgan fingerprint density at radius 3 is 2.70 bits per heavy atom. The van der Waals surface area contributed by atoms with E-state index in [2.05, 4.69) is 18.5 Å². The molecule has 0 radical (unpaired) electrons. The Hall–Kier alpha value is -3.25. The van der Waals surface area contributed by atoms with Gasteiger partial charge in [0.05, 0.1) is 22.8 Å². The highest BCUT2D eigenvalue weighted by Crippen LogP contribution is 2.32. The molecule has 0 aliphatic carbocycles. The lowest BCUT2D eigenvalue weighted by Gasteiger charge is -2.29. The summed E-state index contributed by atoms with van der Waals surface area (Å²) in [7, 11) is 2.11. The molecule has 0 amide bonds. The van der Waals surface area contributed by atoms with E-state index >= 15 is 0 Å². The van der Waals surface area contributed by atoms with Gasteiger partial charge in [0.2, 0.25) is 0 Å². The molecular weight excluding hydrogens is 374 g/mol.